The molecule has 1 amide bonds. The first-order chi connectivity index (χ1) is 12.3. The van der Waals surface area contributed by atoms with Crippen LogP contribution in [0.25, 0.3) is 0 Å². The molecule has 1 radical (unpaired) electrons. The molecule has 4 heteroatoms. The van der Waals surface area contributed by atoms with E-state index in [1.165, 1.54) is 30.5 Å². The van der Waals surface area contributed by atoms with E-state index in [0.29, 0.717) is 0 Å². The van der Waals surface area contributed by atoms with Crippen molar-refractivity contribution in [1.29, 1.82) is 0 Å². The summed E-state index contributed by atoms with van der Waals surface area (Å²) >= 11 is 0. The quantitative estimate of drug-likeness (QED) is 0.694. The van der Waals surface area contributed by atoms with Gasteiger partial charge in [-0.05, 0) is 43.7 Å². The van der Waals surface area contributed by atoms with Gasteiger partial charge in [0.1, 0.15) is 0 Å². The van der Waals surface area contributed by atoms with E-state index in [2.05, 4.69) is 35.2 Å². The van der Waals surface area contributed by atoms with Gasteiger partial charge in [-0.15, -0.1) is 12.1 Å². The number of para-hydroxylation sites is 1. The van der Waals surface area contributed by atoms with Gasteiger partial charge in [0.25, 0.3) is 0 Å². The van der Waals surface area contributed by atoms with Crippen LogP contribution < -0.4 is 9.80 Å². The predicted octanol–water partition coefficient (Wildman–Crippen LogP) is 4.07. The maximum Gasteiger partial charge on any atom is 0.228 e. The van der Waals surface area contributed by atoms with Crippen molar-refractivity contribution in [2.24, 2.45) is 5.92 Å². The number of hydrogen-bond donors (Lipinski definition) is 0. The number of carbonyl (C=O) groups is 1. The van der Waals surface area contributed by atoms with Crippen LogP contribution in [0.5, 0.6) is 0 Å². The van der Waals surface area contributed by atoms with Crippen molar-refractivity contribution in [3.05, 3.63) is 60.2 Å². The van der Waals surface area contributed by atoms with Crippen LogP contribution in [0.4, 0.5) is 11.4 Å². The monoisotopic (exact) mass is 422 g/mol. The summed E-state index contributed by atoms with van der Waals surface area (Å²) < 4.78 is 0. The molecule has 0 saturated carbocycles. The Labute approximate surface area is 181 Å². The van der Waals surface area contributed by atoms with Gasteiger partial charge in [-0.2, -0.15) is 18.2 Å². The Bertz CT molecular complexity index is 728. The first-order valence-corrected chi connectivity index (χ1v) is 9.43. The van der Waals surface area contributed by atoms with Crippen LogP contribution in [0.2, 0.25) is 0 Å². The number of amides is 1. The van der Waals surface area contributed by atoms with Crippen molar-refractivity contribution < 1.29 is 37.5 Å². The molecule has 2 aliphatic rings. The van der Waals surface area contributed by atoms with Crippen molar-refractivity contribution >= 4 is 17.3 Å². The molecule has 0 bridgehead atoms. The number of carbonyl (C=O) groups excluding carboxylic acids is 1. The van der Waals surface area contributed by atoms with Crippen LogP contribution >= 0.6 is 0 Å². The van der Waals surface area contributed by atoms with E-state index >= 15 is 0 Å². The molecule has 1 atom stereocenters. The minimum atomic E-state index is 0. The number of benzene rings is 2. The molecule has 2 heterocycles. The molecule has 4 rings (SSSR count). The molecule has 0 spiro atoms. The standard InChI is InChI=1S/C22H25N2O.Y/c25-22-19(13-16-24(22)20-10-3-1-4-11-20)17-18-9-5-6-12-21(18)23-14-7-2-8-15-23;/h3-6,9-12,19H,2,7-8,13-17H2;/q-1;/t19-;/m1./s1. The normalized spacial score (nSPS) is 20.2. The molecule has 2 aromatic rings. The van der Waals surface area contributed by atoms with Gasteiger partial charge in [0.2, 0.25) is 5.91 Å². The van der Waals surface area contributed by atoms with E-state index in [1.54, 1.807) is 0 Å². The van der Waals surface area contributed by atoms with Crippen molar-refractivity contribution in [2.45, 2.75) is 32.1 Å². The van der Waals surface area contributed by atoms with Gasteiger partial charge in [0, 0.05) is 63.9 Å². The largest absolute Gasteiger partial charge is 0.371 e. The van der Waals surface area contributed by atoms with Crippen LogP contribution in [0.3, 0.4) is 0 Å². The third-order valence-electron chi connectivity index (χ3n) is 5.48. The SMILES string of the molecule is O=C1[C@@H](Cc2ccccc2N2CCCCC2)CCN1c1cc[c-]cc1.[Y]. The minimum Gasteiger partial charge on any atom is -0.371 e. The third-order valence-corrected chi connectivity index (χ3v) is 5.48. The smallest absolute Gasteiger partial charge is 0.228 e. The van der Waals surface area contributed by atoms with Gasteiger partial charge in [-0.25, -0.2) is 0 Å². The van der Waals surface area contributed by atoms with Crippen LogP contribution in [-0.4, -0.2) is 25.5 Å². The number of rotatable bonds is 4. The minimum absolute atomic E-state index is 0. The van der Waals surface area contributed by atoms with Gasteiger partial charge in [-0.1, -0.05) is 23.9 Å². The summed E-state index contributed by atoms with van der Waals surface area (Å²) in [6, 6.07) is 19.4. The van der Waals surface area contributed by atoms with Crippen molar-refractivity contribution in [1.82, 2.24) is 0 Å². The molecular formula is C22H25N2OY-. The van der Waals surface area contributed by atoms with E-state index in [1.807, 2.05) is 29.2 Å². The zero-order valence-electron chi connectivity index (χ0n) is 15.2. The Morgan fingerprint density at radius 3 is 2.46 bits per heavy atom. The van der Waals surface area contributed by atoms with Gasteiger partial charge in [0.15, 0.2) is 0 Å². The van der Waals surface area contributed by atoms with Crippen LogP contribution in [-0.2, 0) is 43.9 Å². The number of hydrogen-bond acceptors (Lipinski definition) is 2. The van der Waals surface area contributed by atoms with E-state index < -0.39 is 0 Å². The summed E-state index contributed by atoms with van der Waals surface area (Å²) in [5, 5.41) is 0. The summed E-state index contributed by atoms with van der Waals surface area (Å²) in [5.74, 6) is 0.356. The fraction of sp³-hybridized carbons (Fsp3) is 0.409. The molecule has 3 nitrogen and oxygen atoms in total. The Morgan fingerprint density at radius 1 is 0.962 bits per heavy atom. The number of piperidine rings is 1. The fourth-order valence-electron chi connectivity index (χ4n) is 4.13. The Balaban J connectivity index is 0.00000196. The molecule has 0 aliphatic carbocycles. The maximum atomic E-state index is 12.9. The van der Waals surface area contributed by atoms with Crippen LogP contribution in [0, 0.1) is 12.0 Å². The molecule has 2 fully saturated rings. The predicted molar refractivity (Wildman–Crippen MR) is 102 cm³/mol. The molecule has 0 aromatic heterocycles. The van der Waals surface area contributed by atoms with Crippen LogP contribution in [0.1, 0.15) is 31.2 Å². The maximum absolute atomic E-state index is 12.9. The zero-order chi connectivity index (χ0) is 17.1. The third kappa shape index (κ3) is 4.20. The van der Waals surface area contributed by atoms with Crippen molar-refractivity contribution in [3.8, 4) is 0 Å². The van der Waals surface area contributed by atoms with Gasteiger partial charge in [0.05, 0.1) is 0 Å². The second kappa shape index (κ2) is 9.15. The summed E-state index contributed by atoms with van der Waals surface area (Å²) in [6.45, 7) is 3.10. The molecule has 0 unspecified atom stereocenters. The van der Waals surface area contributed by atoms with E-state index in [-0.39, 0.29) is 44.5 Å². The Morgan fingerprint density at radius 2 is 1.69 bits per heavy atom. The average Bonchev–Trinajstić information content (AvgIpc) is 3.04. The summed E-state index contributed by atoms with van der Waals surface area (Å²) in [4.78, 5) is 17.3. The topological polar surface area (TPSA) is 23.6 Å². The molecule has 133 valence electrons. The van der Waals surface area contributed by atoms with Crippen molar-refractivity contribution in [2.75, 3.05) is 29.4 Å². The Kier molecular flexibility index (Phi) is 6.88. The molecule has 26 heavy (non-hydrogen) atoms. The summed E-state index contributed by atoms with van der Waals surface area (Å²) in [6.07, 6.45) is 5.67. The first kappa shape index (κ1) is 19.6. The van der Waals surface area contributed by atoms with Gasteiger partial charge < -0.3 is 9.80 Å². The summed E-state index contributed by atoms with van der Waals surface area (Å²) in [7, 11) is 0. The number of anilines is 2. The molecular weight excluding hydrogens is 397 g/mol. The van der Waals surface area contributed by atoms with E-state index in [4.69, 9.17) is 0 Å². The fourth-order valence-corrected chi connectivity index (χ4v) is 4.13. The second-order valence-electron chi connectivity index (χ2n) is 7.11. The van der Waals surface area contributed by atoms with Crippen LogP contribution in [0.15, 0.2) is 48.5 Å². The molecule has 2 saturated heterocycles. The van der Waals surface area contributed by atoms with Gasteiger partial charge in [-0.3, -0.25) is 4.79 Å². The molecule has 2 aliphatic heterocycles. The Hall–Kier alpha value is -1.19. The van der Waals surface area contributed by atoms with E-state index in [9.17, 15) is 4.79 Å². The molecule has 0 N–H and O–H groups in total. The molecule has 2 aromatic carbocycles. The second-order valence-corrected chi connectivity index (χ2v) is 7.11. The van der Waals surface area contributed by atoms with Crippen molar-refractivity contribution in [3.63, 3.8) is 0 Å². The average molecular weight is 422 g/mol. The van der Waals surface area contributed by atoms with E-state index in [0.717, 1.165) is 38.2 Å². The zero-order valence-corrected chi connectivity index (χ0v) is 18.1. The summed E-state index contributed by atoms with van der Waals surface area (Å²) in [5.41, 5.74) is 3.66. The number of nitrogens with zero attached hydrogens (tertiary/aromatic N) is 2. The first-order valence-electron chi connectivity index (χ1n) is 9.43. The van der Waals surface area contributed by atoms with Gasteiger partial charge >= 0.3 is 0 Å².